The van der Waals surface area contributed by atoms with E-state index >= 15 is 0 Å². The van der Waals surface area contributed by atoms with Crippen LogP contribution in [0, 0.1) is 6.92 Å². The molecule has 2 N–H and O–H groups in total. The van der Waals surface area contributed by atoms with Gasteiger partial charge in [-0.3, -0.25) is 4.98 Å². The van der Waals surface area contributed by atoms with E-state index in [0.717, 1.165) is 29.7 Å². The zero-order chi connectivity index (χ0) is 11.4. The number of aromatic nitrogens is 1. The average Bonchev–Trinajstić information content (AvgIpc) is 2.78. The van der Waals surface area contributed by atoms with Crippen LogP contribution in [0.1, 0.15) is 29.3 Å². The molecule has 3 heteroatoms. The van der Waals surface area contributed by atoms with Gasteiger partial charge in [0.05, 0.1) is 6.26 Å². The van der Waals surface area contributed by atoms with Crippen molar-refractivity contribution in [1.29, 1.82) is 0 Å². The number of rotatable bonds is 4. The number of pyridine rings is 1. The molecule has 2 rings (SSSR count). The lowest BCUT2D eigenvalue weighted by molar-refractivity contribution is 0.488. The lowest BCUT2D eigenvalue weighted by atomic mass is 10.0. The fourth-order valence-electron chi connectivity index (χ4n) is 1.70. The number of hydrogen-bond acceptors (Lipinski definition) is 3. The Morgan fingerprint density at radius 2 is 2.31 bits per heavy atom. The van der Waals surface area contributed by atoms with E-state index in [-0.39, 0.29) is 6.04 Å². The standard InChI is InChI=1S/C13H16N2O/c1-10-7-11(9-15-8-10)13(14)5-4-12-3-2-6-16-12/h2-3,6-9,13H,4-5,14H2,1H3. The molecule has 0 radical (unpaired) electrons. The molecule has 0 saturated heterocycles. The van der Waals surface area contributed by atoms with E-state index in [2.05, 4.69) is 11.1 Å². The minimum atomic E-state index is 0.0255. The van der Waals surface area contributed by atoms with E-state index in [4.69, 9.17) is 10.2 Å². The topological polar surface area (TPSA) is 52.0 Å². The highest BCUT2D eigenvalue weighted by molar-refractivity contribution is 5.19. The minimum Gasteiger partial charge on any atom is -0.469 e. The maximum Gasteiger partial charge on any atom is 0.103 e. The van der Waals surface area contributed by atoms with E-state index in [1.165, 1.54) is 0 Å². The molecule has 2 aromatic rings. The summed E-state index contributed by atoms with van der Waals surface area (Å²) in [5, 5.41) is 0. The summed E-state index contributed by atoms with van der Waals surface area (Å²) in [6.45, 7) is 2.02. The van der Waals surface area contributed by atoms with Gasteiger partial charge in [-0.1, -0.05) is 6.07 Å². The molecule has 2 aromatic heterocycles. The third kappa shape index (κ3) is 2.70. The SMILES string of the molecule is Cc1cncc(C(N)CCc2ccco2)c1. The Bertz CT molecular complexity index is 437. The first kappa shape index (κ1) is 10.9. The second-order valence-electron chi connectivity index (χ2n) is 4.02. The lowest BCUT2D eigenvalue weighted by Crippen LogP contribution is -2.11. The van der Waals surface area contributed by atoms with Crippen LogP contribution in [-0.2, 0) is 6.42 Å². The molecule has 0 aliphatic heterocycles. The summed E-state index contributed by atoms with van der Waals surface area (Å²) < 4.78 is 5.27. The largest absolute Gasteiger partial charge is 0.469 e. The lowest BCUT2D eigenvalue weighted by Gasteiger charge is -2.10. The normalized spacial score (nSPS) is 12.6. The summed E-state index contributed by atoms with van der Waals surface area (Å²) in [6.07, 6.45) is 7.10. The Labute approximate surface area is 95.3 Å². The molecule has 2 heterocycles. The molecule has 0 bridgehead atoms. The second-order valence-corrected chi connectivity index (χ2v) is 4.02. The summed E-state index contributed by atoms with van der Waals surface area (Å²) >= 11 is 0. The van der Waals surface area contributed by atoms with E-state index in [1.807, 2.05) is 31.5 Å². The van der Waals surface area contributed by atoms with Gasteiger partial charge in [-0.2, -0.15) is 0 Å². The molecule has 0 spiro atoms. The van der Waals surface area contributed by atoms with Crippen molar-refractivity contribution in [3.8, 4) is 0 Å². The van der Waals surface area contributed by atoms with Crippen molar-refractivity contribution in [3.05, 3.63) is 53.7 Å². The van der Waals surface area contributed by atoms with Crippen LogP contribution in [0.4, 0.5) is 0 Å². The number of nitrogens with two attached hydrogens (primary N) is 1. The van der Waals surface area contributed by atoms with Gasteiger partial charge < -0.3 is 10.2 Å². The highest BCUT2D eigenvalue weighted by atomic mass is 16.3. The van der Waals surface area contributed by atoms with Crippen molar-refractivity contribution in [2.24, 2.45) is 5.73 Å². The molecule has 1 atom stereocenters. The van der Waals surface area contributed by atoms with Gasteiger partial charge in [0.2, 0.25) is 0 Å². The molecule has 16 heavy (non-hydrogen) atoms. The first-order valence-corrected chi connectivity index (χ1v) is 5.45. The van der Waals surface area contributed by atoms with Gasteiger partial charge in [-0.05, 0) is 36.6 Å². The Balaban J connectivity index is 1.95. The van der Waals surface area contributed by atoms with Gasteiger partial charge in [0.25, 0.3) is 0 Å². The monoisotopic (exact) mass is 216 g/mol. The van der Waals surface area contributed by atoms with Crippen LogP contribution in [0.5, 0.6) is 0 Å². The Morgan fingerprint density at radius 3 is 3.00 bits per heavy atom. The van der Waals surface area contributed by atoms with Gasteiger partial charge in [-0.25, -0.2) is 0 Å². The predicted octanol–water partition coefficient (Wildman–Crippen LogP) is 2.62. The van der Waals surface area contributed by atoms with Gasteiger partial charge in [0, 0.05) is 24.9 Å². The minimum absolute atomic E-state index is 0.0255. The number of aryl methyl sites for hydroxylation is 2. The number of hydrogen-bond donors (Lipinski definition) is 1. The molecule has 0 aliphatic rings. The van der Waals surface area contributed by atoms with Crippen molar-refractivity contribution in [1.82, 2.24) is 4.98 Å². The summed E-state index contributed by atoms with van der Waals surface area (Å²) in [7, 11) is 0. The van der Waals surface area contributed by atoms with Crippen LogP contribution in [0.25, 0.3) is 0 Å². The summed E-state index contributed by atoms with van der Waals surface area (Å²) in [5.41, 5.74) is 8.33. The maximum absolute atomic E-state index is 6.10. The van der Waals surface area contributed by atoms with E-state index < -0.39 is 0 Å². The summed E-state index contributed by atoms with van der Waals surface area (Å²) in [5.74, 6) is 0.982. The van der Waals surface area contributed by atoms with Gasteiger partial charge in [-0.15, -0.1) is 0 Å². The smallest absolute Gasteiger partial charge is 0.103 e. The molecular weight excluding hydrogens is 200 g/mol. The number of furan rings is 1. The van der Waals surface area contributed by atoms with Crippen LogP contribution in [-0.4, -0.2) is 4.98 Å². The van der Waals surface area contributed by atoms with Crippen LogP contribution in [0.2, 0.25) is 0 Å². The van der Waals surface area contributed by atoms with Crippen LogP contribution >= 0.6 is 0 Å². The van der Waals surface area contributed by atoms with Crippen molar-refractivity contribution < 1.29 is 4.42 Å². The van der Waals surface area contributed by atoms with E-state index in [0.29, 0.717) is 0 Å². The first-order valence-electron chi connectivity index (χ1n) is 5.45. The number of nitrogens with zero attached hydrogens (tertiary/aromatic N) is 1. The molecule has 1 unspecified atom stereocenters. The molecule has 0 aliphatic carbocycles. The van der Waals surface area contributed by atoms with E-state index in [9.17, 15) is 0 Å². The van der Waals surface area contributed by atoms with Crippen molar-refractivity contribution in [3.63, 3.8) is 0 Å². The molecular formula is C13H16N2O. The first-order chi connectivity index (χ1) is 7.75. The van der Waals surface area contributed by atoms with E-state index in [1.54, 1.807) is 6.26 Å². The maximum atomic E-state index is 6.10. The molecule has 84 valence electrons. The van der Waals surface area contributed by atoms with Gasteiger partial charge in [0.1, 0.15) is 5.76 Å². The van der Waals surface area contributed by atoms with Crippen LogP contribution in [0.15, 0.2) is 41.3 Å². The quantitative estimate of drug-likeness (QED) is 0.854. The predicted molar refractivity (Wildman–Crippen MR) is 62.9 cm³/mol. The fourth-order valence-corrected chi connectivity index (χ4v) is 1.70. The van der Waals surface area contributed by atoms with Crippen molar-refractivity contribution in [2.45, 2.75) is 25.8 Å². The Hall–Kier alpha value is -1.61. The average molecular weight is 216 g/mol. The third-order valence-electron chi connectivity index (χ3n) is 2.61. The molecule has 0 saturated carbocycles. The summed E-state index contributed by atoms with van der Waals surface area (Å²) in [6, 6.07) is 5.98. The Morgan fingerprint density at radius 1 is 1.44 bits per heavy atom. The third-order valence-corrected chi connectivity index (χ3v) is 2.61. The molecule has 3 nitrogen and oxygen atoms in total. The van der Waals surface area contributed by atoms with Gasteiger partial charge >= 0.3 is 0 Å². The van der Waals surface area contributed by atoms with Gasteiger partial charge in [0.15, 0.2) is 0 Å². The molecule has 0 fully saturated rings. The molecule has 0 amide bonds. The summed E-state index contributed by atoms with van der Waals surface area (Å²) in [4.78, 5) is 4.15. The molecule has 0 aromatic carbocycles. The zero-order valence-corrected chi connectivity index (χ0v) is 9.39. The van der Waals surface area contributed by atoms with Crippen molar-refractivity contribution >= 4 is 0 Å². The van der Waals surface area contributed by atoms with Crippen molar-refractivity contribution in [2.75, 3.05) is 0 Å². The van der Waals surface area contributed by atoms with Crippen LogP contribution < -0.4 is 5.73 Å². The highest BCUT2D eigenvalue weighted by Crippen LogP contribution is 2.16. The second kappa shape index (κ2) is 4.94. The Kier molecular flexibility index (Phi) is 3.37. The zero-order valence-electron chi connectivity index (χ0n) is 9.39. The fraction of sp³-hybridized carbons (Fsp3) is 0.308. The van der Waals surface area contributed by atoms with Crippen LogP contribution in [0.3, 0.4) is 0 Å². The highest BCUT2D eigenvalue weighted by Gasteiger charge is 2.07.